The molecule has 0 fully saturated rings. The molecule has 0 spiro atoms. The van der Waals surface area contributed by atoms with Crippen molar-refractivity contribution in [3.8, 4) is 0 Å². The van der Waals surface area contributed by atoms with Crippen molar-refractivity contribution in [1.82, 2.24) is 6.15 Å². The summed E-state index contributed by atoms with van der Waals surface area (Å²) in [4.78, 5) is 27.6. The molecule has 0 radical (unpaired) electrons. The highest BCUT2D eigenvalue weighted by Gasteiger charge is 2.24. The zero-order chi connectivity index (χ0) is 9.99. The van der Waals surface area contributed by atoms with Crippen molar-refractivity contribution in [3.63, 3.8) is 0 Å². The molecule has 0 aliphatic rings. The van der Waals surface area contributed by atoms with Crippen LogP contribution in [0, 0.1) is 0 Å². The molecule has 7 heteroatoms. The highest BCUT2D eigenvalue weighted by Crippen LogP contribution is 2.34. The molecule has 6 nitrogen and oxygen atoms in total. The monoisotopic (exact) mass is 214 g/mol. The smallest absolute Gasteiger partial charge is 0.336 e. The first kappa shape index (κ1) is 15.1. The van der Waals surface area contributed by atoms with Gasteiger partial charge in [0.15, 0.2) is 0 Å². The largest absolute Gasteiger partial charge is 0.459 e. The third kappa shape index (κ3) is 11.6. The van der Waals surface area contributed by atoms with Crippen molar-refractivity contribution in [2.24, 2.45) is 0 Å². The van der Waals surface area contributed by atoms with Crippen LogP contribution in [0.2, 0.25) is 0 Å². The Morgan fingerprint density at radius 1 is 1.38 bits per heavy atom. The third-order valence-electron chi connectivity index (χ3n) is 0.755. The van der Waals surface area contributed by atoms with Crippen molar-refractivity contribution in [2.75, 3.05) is 6.16 Å². The summed E-state index contributed by atoms with van der Waals surface area (Å²) < 4.78 is 15.0. The van der Waals surface area contributed by atoms with E-state index in [2.05, 4.69) is 4.74 Å². The van der Waals surface area contributed by atoms with E-state index in [4.69, 9.17) is 9.79 Å². The van der Waals surface area contributed by atoms with Gasteiger partial charge in [-0.3, -0.25) is 9.36 Å². The summed E-state index contributed by atoms with van der Waals surface area (Å²) in [7, 11) is -4.28. The highest BCUT2D eigenvalue weighted by molar-refractivity contribution is 7.52. The molecule has 0 aromatic rings. The van der Waals surface area contributed by atoms with Gasteiger partial charge in [-0.25, -0.2) is 0 Å². The lowest BCUT2D eigenvalue weighted by Gasteiger charge is -2.19. The fourth-order valence-electron chi connectivity index (χ4n) is 0.542. The fourth-order valence-corrected chi connectivity index (χ4v) is 0.943. The molecule has 0 rings (SSSR count). The lowest BCUT2D eigenvalue weighted by molar-refractivity contribution is -0.151. The van der Waals surface area contributed by atoms with Crippen LogP contribution in [-0.2, 0) is 14.1 Å². The summed E-state index contributed by atoms with van der Waals surface area (Å²) >= 11 is 0. The maximum Gasteiger partial charge on any atom is 0.336 e. The molecule has 0 atom stereocenters. The Hall–Kier alpha value is -0.420. The Morgan fingerprint density at radius 3 is 2.00 bits per heavy atom. The first-order chi connectivity index (χ1) is 5.10. The molecule has 0 saturated carbocycles. The van der Waals surface area contributed by atoms with E-state index >= 15 is 0 Å². The van der Waals surface area contributed by atoms with E-state index in [-0.39, 0.29) is 6.15 Å². The number of rotatable bonds is 2. The maximum absolute atomic E-state index is 10.8. The van der Waals surface area contributed by atoms with Gasteiger partial charge in [0.05, 0.1) is 0 Å². The minimum absolute atomic E-state index is 0. The molecule has 6 N–H and O–H groups in total. The molecule has 0 aliphatic carbocycles. The third-order valence-corrected chi connectivity index (χ3v) is 1.43. The second-order valence-electron chi connectivity index (χ2n) is 3.41. The lowest BCUT2D eigenvalue weighted by Crippen LogP contribution is -2.25. The van der Waals surface area contributed by atoms with Gasteiger partial charge in [0.25, 0.3) is 0 Å². The Kier molecular flexibility index (Phi) is 5.47. The summed E-state index contributed by atoms with van der Waals surface area (Å²) in [6.45, 7) is 4.89. The molecule has 0 saturated heterocycles. The first-order valence-corrected chi connectivity index (χ1v) is 5.16. The molecule has 0 bridgehead atoms. The molecule has 0 aromatic carbocycles. The van der Waals surface area contributed by atoms with E-state index in [1.54, 1.807) is 20.8 Å². The number of ether oxygens (including phenoxy) is 1. The summed E-state index contributed by atoms with van der Waals surface area (Å²) in [5.74, 6) is -0.879. The van der Waals surface area contributed by atoms with Crippen LogP contribution >= 0.6 is 7.60 Å². The van der Waals surface area contributed by atoms with E-state index in [1.165, 1.54) is 0 Å². The van der Waals surface area contributed by atoms with Gasteiger partial charge in [-0.05, 0) is 20.8 Å². The molecular weight excluding hydrogens is 197 g/mol. The van der Waals surface area contributed by atoms with Crippen LogP contribution in [0.25, 0.3) is 0 Å². The van der Waals surface area contributed by atoms with E-state index in [9.17, 15) is 9.36 Å². The van der Waals surface area contributed by atoms with Crippen LogP contribution in [-0.4, -0.2) is 27.5 Å². The molecule has 0 unspecified atom stereocenters. The predicted octanol–water partition coefficient (Wildman–Crippen LogP) is 0.882. The molecule has 0 amide bonds. The van der Waals surface area contributed by atoms with Crippen molar-refractivity contribution in [2.45, 2.75) is 26.4 Å². The van der Waals surface area contributed by atoms with E-state index < -0.39 is 25.3 Å². The average Bonchev–Trinajstić information content (AvgIpc) is 1.49. The van der Waals surface area contributed by atoms with Crippen LogP contribution in [0.4, 0.5) is 0 Å². The Labute approximate surface area is 77.0 Å². The topological polar surface area (TPSA) is 120 Å². The van der Waals surface area contributed by atoms with Gasteiger partial charge in [-0.1, -0.05) is 0 Å². The molecule has 0 heterocycles. The minimum atomic E-state index is -4.28. The maximum atomic E-state index is 10.8. The number of hydrogen-bond donors (Lipinski definition) is 3. The number of carbonyl (C=O) groups is 1. The van der Waals surface area contributed by atoms with Crippen LogP contribution < -0.4 is 6.15 Å². The standard InChI is InChI=1S/C6H13O5P.H3N/c1-6(2,3)11-5(7)4-12(8,9)10;/h4H2,1-3H3,(H2,8,9,10);1H3/p+1. The second kappa shape index (κ2) is 4.72. The molecule has 13 heavy (non-hydrogen) atoms. The molecular formula is C6H17NO5P+. The van der Waals surface area contributed by atoms with Crippen LogP contribution in [0.5, 0.6) is 0 Å². The summed E-state index contributed by atoms with van der Waals surface area (Å²) in [5, 5.41) is 0. The van der Waals surface area contributed by atoms with Gasteiger partial charge in [0.2, 0.25) is 0 Å². The van der Waals surface area contributed by atoms with E-state index in [0.717, 1.165) is 0 Å². The van der Waals surface area contributed by atoms with Gasteiger partial charge < -0.3 is 20.7 Å². The van der Waals surface area contributed by atoms with Crippen LogP contribution in [0.3, 0.4) is 0 Å². The van der Waals surface area contributed by atoms with Crippen LogP contribution in [0.15, 0.2) is 0 Å². The Balaban J connectivity index is 0. The SMILES string of the molecule is CC(C)(C)OC(=O)CP(=O)(O)O.[NH4+]. The summed E-state index contributed by atoms with van der Waals surface area (Å²) in [6, 6.07) is 0. The van der Waals surface area contributed by atoms with Crippen molar-refractivity contribution >= 4 is 13.6 Å². The first-order valence-electron chi connectivity index (χ1n) is 3.36. The summed E-state index contributed by atoms with van der Waals surface area (Å²) in [5.41, 5.74) is -0.702. The van der Waals surface area contributed by atoms with E-state index in [1.807, 2.05) is 0 Å². The zero-order valence-electron chi connectivity index (χ0n) is 8.27. The lowest BCUT2D eigenvalue weighted by atomic mass is 10.2. The van der Waals surface area contributed by atoms with Gasteiger partial charge >= 0.3 is 13.6 Å². The van der Waals surface area contributed by atoms with Crippen molar-refractivity contribution < 1.29 is 23.9 Å². The zero-order valence-corrected chi connectivity index (χ0v) is 9.17. The van der Waals surface area contributed by atoms with Crippen molar-refractivity contribution in [1.29, 1.82) is 0 Å². The average molecular weight is 214 g/mol. The van der Waals surface area contributed by atoms with Crippen molar-refractivity contribution in [3.05, 3.63) is 0 Å². The molecule has 0 aliphatic heterocycles. The highest BCUT2D eigenvalue weighted by atomic mass is 31.2. The summed E-state index contributed by atoms with van der Waals surface area (Å²) in [6.07, 6.45) is -0.857. The van der Waals surface area contributed by atoms with Gasteiger partial charge in [0, 0.05) is 0 Å². The Morgan fingerprint density at radius 2 is 1.77 bits per heavy atom. The number of quaternary nitrogens is 1. The van der Waals surface area contributed by atoms with Crippen LogP contribution in [0.1, 0.15) is 20.8 Å². The van der Waals surface area contributed by atoms with Gasteiger partial charge in [-0.15, -0.1) is 0 Å². The molecule has 80 valence electrons. The second-order valence-corrected chi connectivity index (χ2v) is 5.05. The van der Waals surface area contributed by atoms with Gasteiger partial charge in [-0.2, -0.15) is 0 Å². The number of carbonyl (C=O) groups excluding carboxylic acids is 1. The molecule has 0 aromatic heterocycles. The Bertz CT molecular complexity index is 216. The normalized spacial score (nSPS) is 11.8. The predicted molar refractivity (Wildman–Crippen MR) is 48.7 cm³/mol. The fraction of sp³-hybridized carbons (Fsp3) is 0.833. The number of esters is 1. The number of hydrogen-bond acceptors (Lipinski definition) is 3. The quantitative estimate of drug-likeness (QED) is 0.465. The van der Waals surface area contributed by atoms with E-state index in [0.29, 0.717) is 0 Å². The minimum Gasteiger partial charge on any atom is -0.459 e. The van der Waals surface area contributed by atoms with Gasteiger partial charge in [0.1, 0.15) is 11.8 Å².